The minimum Gasteiger partial charge on any atom is -0.383 e. The lowest BCUT2D eigenvalue weighted by atomic mass is 10.0. The van der Waals surface area contributed by atoms with Crippen LogP contribution in [-0.2, 0) is 19.1 Å². The highest BCUT2D eigenvalue weighted by Gasteiger charge is 2.24. The van der Waals surface area contributed by atoms with Gasteiger partial charge in [-0.15, -0.1) is 24.0 Å². The van der Waals surface area contributed by atoms with Crippen LogP contribution in [0.5, 0.6) is 0 Å². The molecule has 3 rings (SSSR count). The van der Waals surface area contributed by atoms with Crippen LogP contribution < -0.4 is 10.6 Å². The zero-order valence-electron chi connectivity index (χ0n) is 16.9. The Morgan fingerprint density at radius 2 is 2.17 bits per heavy atom. The van der Waals surface area contributed by atoms with Crippen molar-refractivity contribution in [2.45, 2.75) is 25.9 Å². The maximum absolute atomic E-state index is 10.7. The summed E-state index contributed by atoms with van der Waals surface area (Å²) in [6, 6.07) is 5.85. The minimum atomic E-state index is -1.08. The second kappa shape index (κ2) is 10.3. The van der Waals surface area contributed by atoms with E-state index in [9.17, 15) is 5.11 Å². The highest BCUT2D eigenvalue weighted by Crippen LogP contribution is 2.22. The SMILES string of the molecule is CCNC(=NCC(C)(O)c1cnn(C)c1)NCCc1c[nH]c2ccc(Cl)cc12.I. The Kier molecular flexibility index (Phi) is 8.35. The van der Waals surface area contributed by atoms with E-state index in [1.165, 1.54) is 5.56 Å². The first-order valence-corrected chi connectivity index (χ1v) is 9.76. The molecule has 0 aliphatic rings. The van der Waals surface area contributed by atoms with E-state index in [2.05, 4.69) is 25.7 Å². The third-order valence-electron chi connectivity index (χ3n) is 4.63. The monoisotopic (exact) mass is 530 g/mol. The Hall–Kier alpha value is -1.78. The first kappa shape index (κ1) is 23.5. The summed E-state index contributed by atoms with van der Waals surface area (Å²) in [7, 11) is 1.83. The Labute approximate surface area is 193 Å². The molecule has 0 aliphatic carbocycles. The number of aromatic nitrogens is 3. The number of H-pyrrole nitrogens is 1. The van der Waals surface area contributed by atoms with Gasteiger partial charge >= 0.3 is 0 Å². The molecule has 2 heterocycles. The van der Waals surface area contributed by atoms with E-state index in [1.807, 2.05) is 38.4 Å². The lowest BCUT2D eigenvalue weighted by molar-refractivity contribution is 0.0672. The highest BCUT2D eigenvalue weighted by molar-refractivity contribution is 14.0. The molecule has 9 heteroatoms. The van der Waals surface area contributed by atoms with E-state index >= 15 is 0 Å². The summed E-state index contributed by atoms with van der Waals surface area (Å²) in [6.45, 7) is 5.44. The van der Waals surface area contributed by atoms with Crippen LogP contribution in [0.1, 0.15) is 25.0 Å². The summed E-state index contributed by atoms with van der Waals surface area (Å²) in [6.07, 6.45) is 6.31. The minimum absolute atomic E-state index is 0. The quantitative estimate of drug-likeness (QED) is 0.215. The summed E-state index contributed by atoms with van der Waals surface area (Å²) in [5.74, 6) is 0.671. The summed E-state index contributed by atoms with van der Waals surface area (Å²) >= 11 is 6.12. The van der Waals surface area contributed by atoms with Crippen molar-refractivity contribution in [2.75, 3.05) is 19.6 Å². The number of hydrogen-bond acceptors (Lipinski definition) is 3. The van der Waals surface area contributed by atoms with E-state index in [-0.39, 0.29) is 30.5 Å². The van der Waals surface area contributed by atoms with Gasteiger partial charge in [0.05, 0.1) is 12.7 Å². The van der Waals surface area contributed by atoms with E-state index in [1.54, 1.807) is 24.0 Å². The largest absolute Gasteiger partial charge is 0.383 e. The van der Waals surface area contributed by atoms with Gasteiger partial charge in [-0.05, 0) is 44.0 Å². The van der Waals surface area contributed by atoms with Crippen LogP contribution in [0.2, 0.25) is 5.02 Å². The molecule has 2 aromatic heterocycles. The number of aliphatic imine (C=N–C) groups is 1. The molecule has 1 unspecified atom stereocenters. The van der Waals surface area contributed by atoms with Crippen molar-refractivity contribution in [3.63, 3.8) is 0 Å². The van der Waals surface area contributed by atoms with Crippen LogP contribution in [0, 0.1) is 0 Å². The molecule has 7 nitrogen and oxygen atoms in total. The molecule has 0 radical (unpaired) electrons. The van der Waals surface area contributed by atoms with Gasteiger partial charge in [-0.25, -0.2) is 4.99 Å². The molecule has 0 spiro atoms. The van der Waals surface area contributed by atoms with E-state index in [0.29, 0.717) is 12.5 Å². The molecule has 0 aliphatic heterocycles. The second-order valence-electron chi connectivity index (χ2n) is 7.05. The fraction of sp³-hybridized carbons (Fsp3) is 0.400. The zero-order chi connectivity index (χ0) is 20.1. The number of aliphatic hydroxyl groups is 1. The summed E-state index contributed by atoms with van der Waals surface area (Å²) in [5, 5.41) is 23.2. The van der Waals surface area contributed by atoms with Crippen molar-refractivity contribution in [1.29, 1.82) is 0 Å². The number of aromatic amines is 1. The number of aryl methyl sites for hydroxylation is 1. The van der Waals surface area contributed by atoms with Gasteiger partial charge in [0, 0.05) is 54.0 Å². The van der Waals surface area contributed by atoms with Crippen LogP contribution in [0.3, 0.4) is 0 Å². The van der Waals surface area contributed by atoms with Crippen molar-refractivity contribution in [3.05, 3.63) is 52.9 Å². The molecule has 1 atom stereocenters. The summed E-state index contributed by atoms with van der Waals surface area (Å²) in [4.78, 5) is 7.82. The first-order valence-electron chi connectivity index (χ1n) is 9.38. The standard InChI is InChI=1S/C20H27ClN6O.HI/c1-4-22-19(25-13-20(2,28)15-11-26-27(3)12-15)23-8-7-14-10-24-18-6-5-16(21)9-17(14)18;/h5-6,9-12,24,28H,4,7-8,13H2,1-3H3,(H2,22,23,25);1H. The van der Waals surface area contributed by atoms with Gasteiger partial charge in [0.15, 0.2) is 5.96 Å². The molecule has 1 aromatic carbocycles. The highest BCUT2D eigenvalue weighted by atomic mass is 127. The van der Waals surface area contributed by atoms with Crippen LogP contribution in [-0.4, -0.2) is 45.5 Å². The van der Waals surface area contributed by atoms with Crippen LogP contribution in [0.25, 0.3) is 10.9 Å². The van der Waals surface area contributed by atoms with Gasteiger partial charge in [-0.3, -0.25) is 4.68 Å². The number of rotatable bonds is 7. The number of benzene rings is 1. The van der Waals surface area contributed by atoms with Crippen molar-refractivity contribution in [3.8, 4) is 0 Å². The molecule has 0 bridgehead atoms. The van der Waals surface area contributed by atoms with Gasteiger partial charge in [0.2, 0.25) is 0 Å². The first-order chi connectivity index (χ1) is 13.4. The predicted octanol–water partition coefficient (Wildman–Crippen LogP) is 3.18. The molecule has 29 heavy (non-hydrogen) atoms. The Morgan fingerprint density at radius 3 is 2.86 bits per heavy atom. The van der Waals surface area contributed by atoms with Crippen molar-refractivity contribution in [2.24, 2.45) is 12.0 Å². The number of guanidine groups is 1. The molecular weight excluding hydrogens is 503 g/mol. The molecule has 0 amide bonds. The van der Waals surface area contributed by atoms with Gasteiger partial charge in [0.1, 0.15) is 5.60 Å². The molecule has 0 fully saturated rings. The molecular formula is C20H28ClIN6O. The third-order valence-corrected chi connectivity index (χ3v) is 4.87. The lowest BCUT2D eigenvalue weighted by Gasteiger charge is -2.20. The summed E-state index contributed by atoms with van der Waals surface area (Å²) in [5.41, 5.74) is 1.94. The van der Waals surface area contributed by atoms with Crippen LogP contribution >= 0.6 is 35.6 Å². The van der Waals surface area contributed by atoms with Gasteiger partial charge in [-0.2, -0.15) is 5.10 Å². The van der Waals surface area contributed by atoms with Crippen molar-refractivity contribution >= 4 is 52.4 Å². The van der Waals surface area contributed by atoms with Gasteiger partial charge in [0.25, 0.3) is 0 Å². The molecule has 4 N–H and O–H groups in total. The average molecular weight is 531 g/mol. The number of halogens is 2. The van der Waals surface area contributed by atoms with Crippen molar-refractivity contribution in [1.82, 2.24) is 25.4 Å². The Morgan fingerprint density at radius 1 is 1.38 bits per heavy atom. The lowest BCUT2D eigenvalue weighted by Crippen LogP contribution is -2.39. The van der Waals surface area contributed by atoms with Crippen LogP contribution in [0.15, 0.2) is 41.8 Å². The zero-order valence-corrected chi connectivity index (χ0v) is 20.0. The number of hydrogen-bond donors (Lipinski definition) is 4. The van der Waals surface area contributed by atoms with E-state index < -0.39 is 5.60 Å². The average Bonchev–Trinajstić information content (AvgIpc) is 3.26. The Bertz CT molecular complexity index is 965. The van der Waals surface area contributed by atoms with Crippen LogP contribution in [0.4, 0.5) is 0 Å². The summed E-state index contributed by atoms with van der Waals surface area (Å²) < 4.78 is 1.67. The second-order valence-corrected chi connectivity index (χ2v) is 7.49. The van der Waals surface area contributed by atoms with Gasteiger partial charge < -0.3 is 20.7 Å². The smallest absolute Gasteiger partial charge is 0.191 e. The predicted molar refractivity (Wildman–Crippen MR) is 129 cm³/mol. The van der Waals surface area contributed by atoms with E-state index in [0.717, 1.165) is 34.5 Å². The fourth-order valence-corrected chi connectivity index (χ4v) is 3.21. The maximum Gasteiger partial charge on any atom is 0.191 e. The Balaban J connectivity index is 0.00000300. The van der Waals surface area contributed by atoms with E-state index in [4.69, 9.17) is 11.6 Å². The molecule has 0 saturated carbocycles. The molecule has 158 valence electrons. The van der Waals surface area contributed by atoms with Gasteiger partial charge in [-0.1, -0.05) is 11.6 Å². The van der Waals surface area contributed by atoms with Crippen molar-refractivity contribution < 1.29 is 5.11 Å². The molecule has 3 aromatic rings. The maximum atomic E-state index is 10.7. The number of nitrogens with one attached hydrogen (secondary N) is 3. The third kappa shape index (κ3) is 6.10. The number of nitrogens with zero attached hydrogens (tertiary/aromatic N) is 3. The molecule has 0 saturated heterocycles. The topological polar surface area (TPSA) is 90.3 Å². The fourth-order valence-electron chi connectivity index (χ4n) is 3.04. The normalized spacial score (nSPS) is 13.8. The number of fused-ring (bicyclic) bond motifs is 1.